The van der Waals surface area contributed by atoms with Crippen LogP contribution < -0.4 is 10.0 Å². The number of aryl methyl sites for hydroxylation is 1. The van der Waals surface area contributed by atoms with Gasteiger partial charge in [0.05, 0.1) is 5.75 Å². The summed E-state index contributed by atoms with van der Waals surface area (Å²) in [6, 6.07) is 8.05. The third kappa shape index (κ3) is 6.71. The average molecular weight is 284 g/mol. The average Bonchev–Trinajstić information content (AvgIpc) is 2.37. The van der Waals surface area contributed by atoms with Crippen LogP contribution >= 0.6 is 0 Å². The zero-order valence-corrected chi connectivity index (χ0v) is 12.6. The first-order chi connectivity index (χ1) is 9.05. The van der Waals surface area contributed by atoms with Gasteiger partial charge in [0.1, 0.15) is 0 Å². The topological polar surface area (TPSA) is 58.2 Å². The SMILES string of the molecule is CNCCCCS(=O)(=O)NCCc1ccccc1C. The Morgan fingerprint density at radius 2 is 1.84 bits per heavy atom. The van der Waals surface area contributed by atoms with Crippen molar-refractivity contribution in [2.24, 2.45) is 0 Å². The number of hydrogen-bond acceptors (Lipinski definition) is 3. The fourth-order valence-electron chi connectivity index (χ4n) is 1.90. The highest BCUT2D eigenvalue weighted by Crippen LogP contribution is 2.07. The Morgan fingerprint density at radius 3 is 2.53 bits per heavy atom. The largest absolute Gasteiger partial charge is 0.320 e. The molecule has 1 rings (SSSR count). The van der Waals surface area contributed by atoms with Gasteiger partial charge in [0.15, 0.2) is 0 Å². The van der Waals surface area contributed by atoms with Crippen molar-refractivity contribution in [2.75, 3.05) is 25.9 Å². The molecule has 0 heterocycles. The minimum Gasteiger partial charge on any atom is -0.320 e. The number of unbranched alkanes of at least 4 members (excludes halogenated alkanes) is 1. The van der Waals surface area contributed by atoms with Gasteiger partial charge in [0.2, 0.25) is 10.0 Å². The predicted octanol–water partition coefficient (Wildman–Crippen LogP) is 1.46. The molecule has 0 fully saturated rings. The minimum atomic E-state index is -3.12. The molecule has 5 heteroatoms. The summed E-state index contributed by atoms with van der Waals surface area (Å²) in [6.45, 7) is 3.37. The van der Waals surface area contributed by atoms with Crippen LogP contribution in [0.1, 0.15) is 24.0 Å². The van der Waals surface area contributed by atoms with Gasteiger partial charge in [-0.05, 0) is 50.9 Å². The Morgan fingerprint density at radius 1 is 1.11 bits per heavy atom. The molecule has 0 aliphatic heterocycles. The van der Waals surface area contributed by atoms with Crippen molar-refractivity contribution in [3.05, 3.63) is 35.4 Å². The second-order valence-electron chi connectivity index (χ2n) is 4.70. The summed E-state index contributed by atoms with van der Waals surface area (Å²) in [5, 5.41) is 3.01. The first kappa shape index (κ1) is 16.1. The van der Waals surface area contributed by atoms with Crippen molar-refractivity contribution in [1.29, 1.82) is 0 Å². The molecule has 0 saturated heterocycles. The molecule has 4 nitrogen and oxygen atoms in total. The highest BCUT2D eigenvalue weighted by Gasteiger charge is 2.09. The lowest BCUT2D eigenvalue weighted by Gasteiger charge is -2.08. The Balaban J connectivity index is 2.30. The summed E-state index contributed by atoms with van der Waals surface area (Å²) in [6.07, 6.45) is 2.32. The van der Waals surface area contributed by atoms with E-state index >= 15 is 0 Å². The molecule has 1 aromatic rings. The lowest BCUT2D eigenvalue weighted by atomic mass is 10.1. The molecule has 0 aliphatic rings. The van der Waals surface area contributed by atoms with Crippen LogP contribution in [-0.4, -0.2) is 34.3 Å². The lowest BCUT2D eigenvalue weighted by molar-refractivity contribution is 0.576. The third-order valence-electron chi connectivity index (χ3n) is 3.07. The molecule has 0 bridgehead atoms. The van der Waals surface area contributed by atoms with Gasteiger partial charge in [-0.25, -0.2) is 13.1 Å². The molecule has 0 aromatic heterocycles. The van der Waals surface area contributed by atoms with Crippen LogP contribution in [0.4, 0.5) is 0 Å². The molecular formula is C14H24N2O2S. The van der Waals surface area contributed by atoms with E-state index in [9.17, 15) is 8.42 Å². The maximum absolute atomic E-state index is 11.7. The Bertz CT molecular complexity index is 472. The van der Waals surface area contributed by atoms with E-state index < -0.39 is 10.0 Å². The van der Waals surface area contributed by atoms with Gasteiger partial charge in [-0.1, -0.05) is 24.3 Å². The summed E-state index contributed by atoms with van der Waals surface area (Å²) in [7, 11) is -1.25. The molecule has 1 aromatic carbocycles. The van der Waals surface area contributed by atoms with E-state index in [1.165, 1.54) is 11.1 Å². The summed E-state index contributed by atoms with van der Waals surface area (Å²) < 4.78 is 26.1. The Labute approximate surface area is 116 Å². The van der Waals surface area contributed by atoms with Gasteiger partial charge in [-0.3, -0.25) is 0 Å². The molecule has 0 aliphatic carbocycles. The molecule has 108 valence electrons. The van der Waals surface area contributed by atoms with Gasteiger partial charge in [-0.15, -0.1) is 0 Å². The van der Waals surface area contributed by atoms with E-state index in [-0.39, 0.29) is 5.75 Å². The van der Waals surface area contributed by atoms with Crippen LogP contribution in [0.15, 0.2) is 24.3 Å². The van der Waals surface area contributed by atoms with E-state index in [0.29, 0.717) is 13.0 Å². The van der Waals surface area contributed by atoms with Crippen LogP contribution in [-0.2, 0) is 16.4 Å². The second-order valence-corrected chi connectivity index (χ2v) is 6.63. The van der Waals surface area contributed by atoms with Crippen molar-refractivity contribution < 1.29 is 8.42 Å². The van der Waals surface area contributed by atoms with Crippen LogP contribution in [0.2, 0.25) is 0 Å². The fraction of sp³-hybridized carbons (Fsp3) is 0.571. The van der Waals surface area contributed by atoms with Crippen LogP contribution in [0.5, 0.6) is 0 Å². The third-order valence-corrected chi connectivity index (χ3v) is 4.54. The highest BCUT2D eigenvalue weighted by molar-refractivity contribution is 7.89. The van der Waals surface area contributed by atoms with Gasteiger partial charge >= 0.3 is 0 Å². The first-order valence-electron chi connectivity index (χ1n) is 6.71. The molecule has 0 amide bonds. The van der Waals surface area contributed by atoms with Crippen LogP contribution in [0, 0.1) is 6.92 Å². The molecule has 0 unspecified atom stereocenters. The van der Waals surface area contributed by atoms with Crippen molar-refractivity contribution in [2.45, 2.75) is 26.2 Å². The molecule has 0 radical (unpaired) electrons. The highest BCUT2D eigenvalue weighted by atomic mass is 32.2. The second kappa shape index (κ2) is 8.30. The molecule has 0 spiro atoms. The quantitative estimate of drug-likeness (QED) is 0.675. The summed E-state index contributed by atoms with van der Waals surface area (Å²) >= 11 is 0. The van der Waals surface area contributed by atoms with E-state index in [0.717, 1.165) is 19.4 Å². The normalized spacial score (nSPS) is 11.7. The lowest BCUT2D eigenvalue weighted by Crippen LogP contribution is -2.28. The van der Waals surface area contributed by atoms with Gasteiger partial charge < -0.3 is 5.32 Å². The van der Waals surface area contributed by atoms with E-state index in [4.69, 9.17) is 0 Å². The first-order valence-corrected chi connectivity index (χ1v) is 8.37. The molecule has 0 atom stereocenters. The van der Waals surface area contributed by atoms with Gasteiger partial charge in [0.25, 0.3) is 0 Å². The van der Waals surface area contributed by atoms with Crippen molar-refractivity contribution in [1.82, 2.24) is 10.0 Å². The standard InChI is InChI=1S/C14H24N2O2S/c1-13-7-3-4-8-14(13)9-11-16-19(17,18)12-6-5-10-15-2/h3-4,7-8,15-16H,5-6,9-12H2,1-2H3. The van der Waals surface area contributed by atoms with E-state index in [2.05, 4.69) is 10.0 Å². The van der Waals surface area contributed by atoms with Gasteiger partial charge in [0, 0.05) is 6.54 Å². The van der Waals surface area contributed by atoms with Crippen molar-refractivity contribution in [3.63, 3.8) is 0 Å². The maximum Gasteiger partial charge on any atom is 0.211 e. The Hall–Kier alpha value is -0.910. The summed E-state index contributed by atoms with van der Waals surface area (Å²) in [4.78, 5) is 0. The van der Waals surface area contributed by atoms with Gasteiger partial charge in [-0.2, -0.15) is 0 Å². The monoisotopic (exact) mass is 284 g/mol. The number of benzene rings is 1. The smallest absolute Gasteiger partial charge is 0.211 e. The molecule has 0 saturated carbocycles. The fourth-order valence-corrected chi connectivity index (χ4v) is 3.04. The summed E-state index contributed by atoms with van der Waals surface area (Å²) in [5.41, 5.74) is 2.40. The maximum atomic E-state index is 11.7. The predicted molar refractivity (Wildman–Crippen MR) is 79.8 cm³/mol. The molecular weight excluding hydrogens is 260 g/mol. The Kier molecular flexibility index (Phi) is 7.05. The summed E-state index contributed by atoms with van der Waals surface area (Å²) in [5.74, 6) is 0.211. The van der Waals surface area contributed by atoms with E-state index in [1.807, 2.05) is 38.2 Å². The van der Waals surface area contributed by atoms with Crippen molar-refractivity contribution >= 4 is 10.0 Å². The molecule has 19 heavy (non-hydrogen) atoms. The van der Waals surface area contributed by atoms with Crippen LogP contribution in [0.25, 0.3) is 0 Å². The van der Waals surface area contributed by atoms with Crippen molar-refractivity contribution in [3.8, 4) is 0 Å². The number of rotatable bonds is 9. The zero-order valence-electron chi connectivity index (χ0n) is 11.8. The number of nitrogens with one attached hydrogen (secondary N) is 2. The molecule has 2 N–H and O–H groups in total. The number of hydrogen-bond donors (Lipinski definition) is 2. The van der Waals surface area contributed by atoms with Crippen LogP contribution in [0.3, 0.4) is 0 Å². The number of sulfonamides is 1. The van der Waals surface area contributed by atoms with E-state index in [1.54, 1.807) is 0 Å². The minimum absolute atomic E-state index is 0.211. The zero-order chi connectivity index (χ0) is 14.1.